The number of hydrogen-bond donors (Lipinski definition) is 4. The maximum absolute atomic E-state index is 13.4. The SMILES string of the molecule is CC1C2=CCCC(O)=C2C(=O)C2=C(O)C3C(=O)C(C(N)=O)=C(O)C(N(C)C)C3C(C)C21. The molecular formula is C23H28N2O6. The lowest BCUT2D eigenvalue weighted by molar-refractivity contribution is -0.129. The Labute approximate surface area is 180 Å². The van der Waals surface area contributed by atoms with Crippen LogP contribution >= 0.6 is 0 Å². The average molecular weight is 428 g/mol. The number of nitrogens with two attached hydrogens (primary N) is 1. The van der Waals surface area contributed by atoms with Gasteiger partial charge >= 0.3 is 0 Å². The molecule has 0 bridgehead atoms. The fourth-order valence-corrected chi connectivity index (χ4v) is 6.28. The zero-order chi connectivity index (χ0) is 22.9. The molecule has 6 unspecified atom stereocenters. The number of Topliss-reactive ketones (excluding diaryl/α,β-unsaturated/α-hetero) is 2. The van der Waals surface area contributed by atoms with Crippen molar-refractivity contribution >= 4 is 17.5 Å². The molecule has 5 N–H and O–H groups in total. The predicted molar refractivity (Wildman–Crippen MR) is 112 cm³/mol. The Kier molecular flexibility index (Phi) is 4.88. The molecule has 4 aliphatic rings. The van der Waals surface area contributed by atoms with Gasteiger partial charge in [-0.05, 0) is 37.9 Å². The van der Waals surface area contributed by atoms with Gasteiger partial charge in [0.15, 0.2) is 11.6 Å². The van der Waals surface area contributed by atoms with Crippen molar-refractivity contribution in [2.45, 2.75) is 32.7 Å². The van der Waals surface area contributed by atoms with Crippen LogP contribution in [-0.2, 0) is 14.4 Å². The van der Waals surface area contributed by atoms with Gasteiger partial charge in [0.25, 0.3) is 5.91 Å². The predicted octanol–water partition coefficient (Wildman–Crippen LogP) is 1.86. The maximum atomic E-state index is 13.4. The van der Waals surface area contributed by atoms with E-state index in [4.69, 9.17) is 5.73 Å². The summed E-state index contributed by atoms with van der Waals surface area (Å²) in [4.78, 5) is 40.3. The minimum absolute atomic E-state index is 0.000574. The zero-order valence-corrected chi connectivity index (χ0v) is 18.0. The minimum Gasteiger partial charge on any atom is -0.512 e. The van der Waals surface area contributed by atoms with Crippen LogP contribution in [0.4, 0.5) is 0 Å². The fourth-order valence-electron chi connectivity index (χ4n) is 6.28. The summed E-state index contributed by atoms with van der Waals surface area (Å²) in [5, 5.41) is 32.5. The lowest BCUT2D eigenvalue weighted by atomic mass is 9.53. The van der Waals surface area contributed by atoms with E-state index >= 15 is 0 Å². The van der Waals surface area contributed by atoms with Crippen LogP contribution < -0.4 is 5.73 Å². The number of nitrogens with zero attached hydrogens (tertiary/aromatic N) is 1. The highest BCUT2D eigenvalue weighted by Crippen LogP contribution is 2.56. The van der Waals surface area contributed by atoms with E-state index in [-0.39, 0.29) is 34.5 Å². The zero-order valence-electron chi connectivity index (χ0n) is 18.0. The summed E-state index contributed by atoms with van der Waals surface area (Å²) in [5.41, 5.74) is 5.96. The smallest absolute Gasteiger partial charge is 0.255 e. The number of fused-ring (bicyclic) bond motifs is 3. The highest BCUT2D eigenvalue weighted by molar-refractivity contribution is 6.22. The van der Waals surface area contributed by atoms with Gasteiger partial charge in [-0.2, -0.15) is 0 Å². The van der Waals surface area contributed by atoms with E-state index < -0.39 is 52.6 Å². The molecule has 31 heavy (non-hydrogen) atoms. The van der Waals surface area contributed by atoms with E-state index in [1.165, 1.54) is 0 Å². The van der Waals surface area contributed by atoms with Gasteiger partial charge in [-0.3, -0.25) is 19.3 Å². The number of carbonyl (C=O) groups is 3. The molecular weight excluding hydrogens is 400 g/mol. The third-order valence-electron chi connectivity index (χ3n) is 7.52. The largest absolute Gasteiger partial charge is 0.512 e. The molecule has 4 rings (SSSR count). The van der Waals surface area contributed by atoms with Crippen LogP contribution in [0.1, 0.15) is 26.7 Å². The molecule has 8 heteroatoms. The van der Waals surface area contributed by atoms with Crippen LogP contribution in [0.25, 0.3) is 0 Å². The fraction of sp³-hybridized carbons (Fsp3) is 0.522. The average Bonchev–Trinajstić information content (AvgIpc) is 2.67. The van der Waals surface area contributed by atoms with Crippen molar-refractivity contribution in [1.29, 1.82) is 0 Å². The lowest BCUT2D eigenvalue weighted by Crippen LogP contribution is -2.57. The van der Waals surface area contributed by atoms with Crippen LogP contribution in [0, 0.1) is 29.6 Å². The number of hydrogen-bond acceptors (Lipinski definition) is 7. The second kappa shape index (κ2) is 7.09. The standard InChI is InChI=1S/C23H28N2O6/c1-8-10-6-5-7-11(26)14(10)19(27)15-12(8)9(2)13-16(20(15)28)21(29)17(23(24)31)22(30)18(13)25(3)4/h6,8-9,12-13,16,18,26,28,30H,5,7H2,1-4H3,(H2,24,31). The van der Waals surface area contributed by atoms with E-state index in [0.717, 1.165) is 5.57 Å². The number of primary amides is 1. The number of rotatable bonds is 2. The first-order valence-corrected chi connectivity index (χ1v) is 10.5. The van der Waals surface area contributed by atoms with Gasteiger partial charge in [0.05, 0.1) is 17.5 Å². The van der Waals surface area contributed by atoms with Gasteiger partial charge in [0, 0.05) is 23.8 Å². The number of aliphatic hydroxyl groups excluding tert-OH is 3. The van der Waals surface area contributed by atoms with E-state index in [0.29, 0.717) is 12.8 Å². The maximum Gasteiger partial charge on any atom is 0.255 e. The van der Waals surface area contributed by atoms with Gasteiger partial charge in [-0.1, -0.05) is 19.9 Å². The van der Waals surface area contributed by atoms with Crippen molar-refractivity contribution < 1.29 is 29.7 Å². The van der Waals surface area contributed by atoms with Crippen molar-refractivity contribution in [3.05, 3.63) is 45.6 Å². The molecule has 0 aromatic heterocycles. The summed E-state index contributed by atoms with van der Waals surface area (Å²) in [6.45, 7) is 3.86. The molecule has 0 saturated heterocycles. The Morgan fingerprint density at radius 3 is 2.35 bits per heavy atom. The first-order chi connectivity index (χ1) is 14.5. The van der Waals surface area contributed by atoms with E-state index in [2.05, 4.69) is 0 Å². The second-order valence-electron chi connectivity index (χ2n) is 9.27. The lowest BCUT2D eigenvalue weighted by Gasteiger charge is -2.51. The summed E-state index contributed by atoms with van der Waals surface area (Å²) in [6, 6.07) is -0.725. The van der Waals surface area contributed by atoms with Crippen molar-refractivity contribution in [1.82, 2.24) is 4.90 Å². The van der Waals surface area contributed by atoms with Gasteiger partial charge in [0.2, 0.25) is 0 Å². The Hall–Kier alpha value is -2.87. The summed E-state index contributed by atoms with van der Waals surface area (Å²) in [7, 11) is 3.43. The molecule has 0 radical (unpaired) electrons. The number of carbonyl (C=O) groups excluding carboxylic acids is 3. The number of ketones is 2. The van der Waals surface area contributed by atoms with Crippen LogP contribution in [0.15, 0.2) is 45.6 Å². The summed E-state index contributed by atoms with van der Waals surface area (Å²) < 4.78 is 0. The van der Waals surface area contributed by atoms with Gasteiger partial charge < -0.3 is 21.1 Å². The number of likely N-dealkylation sites (N-methyl/N-ethyl adjacent to an activating group) is 1. The normalized spacial score (nSPS) is 35.7. The molecule has 0 heterocycles. The highest BCUT2D eigenvalue weighted by Gasteiger charge is 2.59. The van der Waals surface area contributed by atoms with Gasteiger partial charge in [0.1, 0.15) is 22.9 Å². The molecule has 0 aromatic rings. The molecule has 0 aliphatic heterocycles. The van der Waals surface area contributed by atoms with Crippen LogP contribution in [0.2, 0.25) is 0 Å². The van der Waals surface area contributed by atoms with Crippen molar-refractivity contribution in [2.24, 2.45) is 35.3 Å². The molecule has 8 nitrogen and oxygen atoms in total. The Morgan fingerprint density at radius 2 is 1.77 bits per heavy atom. The van der Waals surface area contributed by atoms with Crippen molar-refractivity contribution in [3.63, 3.8) is 0 Å². The van der Waals surface area contributed by atoms with Gasteiger partial charge in [-0.15, -0.1) is 0 Å². The second-order valence-corrected chi connectivity index (χ2v) is 9.27. The third kappa shape index (κ3) is 2.74. The molecule has 4 aliphatic carbocycles. The molecule has 0 aromatic carbocycles. The van der Waals surface area contributed by atoms with Crippen LogP contribution in [0.5, 0.6) is 0 Å². The molecule has 166 valence electrons. The first-order valence-electron chi connectivity index (χ1n) is 10.5. The highest BCUT2D eigenvalue weighted by atomic mass is 16.3. The summed E-state index contributed by atoms with van der Waals surface area (Å²) in [5.74, 6) is -5.66. The molecule has 0 spiro atoms. The summed E-state index contributed by atoms with van der Waals surface area (Å²) in [6.07, 6.45) is 2.94. The van der Waals surface area contributed by atoms with Crippen molar-refractivity contribution in [3.8, 4) is 0 Å². The van der Waals surface area contributed by atoms with Crippen LogP contribution in [0.3, 0.4) is 0 Å². The number of allylic oxidation sites excluding steroid dienone is 6. The molecule has 1 amide bonds. The van der Waals surface area contributed by atoms with E-state index in [1.807, 2.05) is 19.9 Å². The molecule has 1 saturated carbocycles. The third-order valence-corrected chi connectivity index (χ3v) is 7.52. The van der Waals surface area contributed by atoms with E-state index in [1.54, 1.807) is 19.0 Å². The van der Waals surface area contributed by atoms with Gasteiger partial charge in [-0.25, -0.2) is 0 Å². The van der Waals surface area contributed by atoms with E-state index in [9.17, 15) is 29.7 Å². The minimum atomic E-state index is -1.17. The summed E-state index contributed by atoms with van der Waals surface area (Å²) >= 11 is 0. The Balaban J connectivity index is 1.98. The molecule has 1 fully saturated rings. The monoisotopic (exact) mass is 428 g/mol. The Morgan fingerprint density at radius 1 is 1.13 bits per heavy atom. The Bertz CT molecular complexity index is 1030. The molecule has 6 atom stereocenters. The van der Waals surface area contributed by atoms with Crippen LogP contribution in [-0.4, -0.2) is 57.8 Å². The number of amides is 1. The van der Waals surface area contributed by atoms with Crippen molar-refractivity contribution in [2.75, 3.05) is 14.1 Å². The topological polar surface area (TPSA) is 141 Å². The number of aliphatic hydroxyl groups is 3. The quantitative estimate of drug-likeness (QED) is 0.492. The first kappa shape index (κ1) is 21.4.